The normalized spacial score (nSPS) is 12.9. The third kappa shape index (κ3) is 5.78. The summed E-state index contributed by atoms with van der Waals surface area (Å²) < 4.78 is 0. The van der Waals surface area contributed by atoms with Gasteiger partial charge in [-0.05, 0) is 70.0 Å². The van der Waals surface area contributed by atoms with E-state index >= 15 is 0 Å². The van der Waals surface area contributed by atoms with Gasteiger partial charge in [-0.2, -0.15) is 5.26 Å². The maximum Gasteiger partial charge on any atom is 0.255 e. The van der Waals surface area contributed by atoms with Crippen LogP contribution in [0.3, 0.4) is 0 Å². The highest BCUT2D eigenvalue weighted by atomic mass is 16.2. The van der Waals surface area contributed by atoms with Gasteiger partial charge in [0.05, 0.1) is 34.8 Å². The minimum absolute atomic E-state index is 0.0216. The Kier molecular flexibility index (Phi) is 6.81. The van der Waals surface area contributed by atoms with E-state index in [0.29, 0.717) is 39.8 Å². The predicted molar refractivity (Wildman–Crippen MR) is 145 cm³/mol. The van der Waals surface area contributed by atoms with Crippen molar-refractivity contribution in [2.24, 2.45) is 5.92 Å². The maximum absolute atomic E-state index is 13.0. The first-order chi connectivity index (χ1) is 18.7. The zero-order chi connectivity index (χ0) is 27.6. The highest BCUT2D eigenvalue weighted by molar-refractivity contribution is 6.04. The van der Waals surface area contributed by atoms with Crippen LogP contribution < -0.4 is 10.6 Å². The molecule has 4 aromatic rings. The lowest BCUT2D eigenvalue weighted by molar-refractivity contribution is -0.117. The fourth-order valence-electron chi connectivity index (χ4n) is 3.89. The highest BCUT2D eigenvalue weighted by Crippen LogP contribution is 2.31. The average molecular weight is 519 g/mol. The Labute approximate surface area is 225 Å². The van der Waals surface area contributed by atoms with Crippen molar-refractivity contribution in [3.05, 3.63) is 78.1 Å². The second-order valence-corrected chi connectivity index (χ2v) is 9.94. The third-order valence-electron chi connectivity index (χ3n) is 6.44. The zero-order valence-electron chi connectivity index (χ0n) is 21.8. The maximum atomic E-state index is 13.0. The molecule has 2 N–H and O–H groups in total. The molecule has 0 saturated heterocycles. The topological polar surface area (TPSA) is 146 Å². The Morgan fingerprint density at radius 2 is 1.74 bits per heavy atom. The molecule has 4 heterocycles. The van der Waals surface area contributed by atoms with Crippen LogP contribution in [0, 0.1) is 24.2 Å². The summed E-state index contributed by atoms with van der Waals surface area (Å²) in [5.41, 5.74) is 3.37. The standard InChI is InChI=1S/C29H26N8O2/c1-17-22(14-21(15-34-17)35-28(39)20-7-9-31-24(12-20)29(2,3)16-30)23-8-11-33-26(36-23)19-6-10-32-25(13-19)37-27(38)18-4-5-18/h6-15,18H,4-5H2,1-3H3,(H,35,39)(H,32,37,38). The Hall–Kier alpha value is -5.04. The van der Waals surface area contributed by atoms with E-state index < -0.39 is 5.41 Å². The molecule has 1 fully saturated rings. The largest absolute Gasteiger partial charge is 0.321 e. The molecule has 0 spiro atoms. The van der Waals surface area contributed by atoms with Gasteiger partial charge in [0.2, 0.25) is 5.91 Å². The average Bonchev–Trinajstić information content (AvgIpc) is 3.80. The molecule has 39 heavy (non-hydrogen) atoms. The van der Waals surface area contributed by atoms with Crippen LogP contribution in [0.25, 0.3) is 22.6 Å². The number of nitrogens with zero attached hydrogens (tertiary/aromatic N) is 6. The number of amides is 2. The molecular formula is C29H26N8O2. The Morgan fingerprint density at radius 3 is 2.51 bits per heavy atom. The van der Waals surface area contributed by atoms with Crippen molar-refractivity contribution in [3.63, 3.8) is 0 Å². The molecule has 194 valence electrons. The lowest BCUT2D eigenvalue weighted by atomic mass is 9.90. The van der Waals surface area contributed by atoms with Gasteiger partial charge in [-0.3, -0.25) is 19.6 Å². The van der Waals surface area contributed by atoms with E-state index in [1.165, 1.54) is 6.20 Å². The van der Waals surface area contributed by atoms with Crippen molar-refractivity contribution in [2.45, 2.75) is 39.0 Å². The van der Waals surface area contributed by atoms with Gasteiger partial charge < -0.3 is 10.6 Å². The number of anilines is 2. The van der Waals surface area contributed by atoms with E-state index in [9.17, 15) is 14.9 Å². The molecule has 5 rings (SSSR count). The number of carbonyl (C=O) groups excluding carboxylic acids is 2. The summed E-state index contributed by atoms with van der Waals surface area (Å²) in [5.74, 6) is 0.633. The smallest absolute Gasteiger partial charge is 0.255 e. The lowest BCUT2D eigenvalue weighted by Crippen LogP contribution is -2.18. The molecule has 0 bridgehead atoms. The molecule has 1 aliphatic carbocycles. The third-order valence-corrected chi connectivity index (χ3v) is 6.44. The van der Waals surface area contributed by atoms with Crippen molar-refractivity contribution < 1.29 is 9.59 Å². The van der Waals surface area contributed by atoms with E-state index in [2.05, 4.69) is 36.6 Å². The first kappa shape index (κ1) is 25.6. The number of pyridine rings is 3. The number of hydrogen-bond donors (Lipinski definition) is 2. The van der Waals surface area contributed by atoms with E-state index in [1.807, 2.05) is 13.0 Å². The van der Waals surface area contributed by atoms with Crippen LogP contribution in [0.4, 0.5) is 11.5 Å². The number of rotatable bonds is 7. The van der Waals surface area contributed by atoms with Crippen molar-refractivity contribution in [1.29, 1.82) is 5.26 Å². The Morgan fingerprint density at radius 1 is 0.974 bits per heavy atom. The fraction of sp³-hybridized carbons (Fsp3) is 0.241. The molecule has 0 radical (unpaired) electrons. The number of hydrogen-bond acceptors (Lipinski definition) is 8. The van der Waals surface area contributed by atoms with Gasteiger partial charge in [-0.15, -0.1) is 0 Å². The second-order valence-electron chi connectivity index (χ2n) is 9.94. The predicted octanol–water partition coefficient (Wildman–Crippen LogP) is 4.71. The number of carbonyl (C=O) groups is 2. The summed E-state index contributed by atoms with van der Waals surface area (Å²) in [7, 11) is 0. The Bertz CT molecular complexity index is 1620. The number of aryl methyl sites for hydroxylation is 1. The van der Waals surface area contributed by atoms with Crippen LogP contribution >= 0.6 is 0 Å². The van der Waals surface area contributed by atoms with Crippen LogP contribution in [0.1, 0.15) is 48.4 Å². The van der Waals surface area contributed by atoms with Crippen molar-refractivity contribution in [2.75, 3.05) is 10.6 Å². The van der Waals surface area contributed by atoms with Gasteiger partial charge >= 0.3 is 0 Å². The molecule has 10 nitrogen and oxygen atoms in total. The summed E-state index contributed by atoms with van der Waals surface area (Å²) in [5, 5.41) is 15.1. The number of nitriles is 1. The second kappa shape index (κ2) is 10.4. The van der Waals surface area contributed by atoms with Crippen LogP contribution in [-0.4, -0.2) is 36.7 Å². The molecule has 10 heteroatoms. The van der Waals surface area contributed by atoms with Gasteiger partial charge in [0.1, 0.15) is 5.82 Å². The SMILES string of the molecule is Cc1ncc(NC(=O)c2ccnc(C(C)(C)C#N)c2)cc1-c1ccnc(-c2ccnc(NC(=O)C3CC3)c2)n1. The summed E-state index contributed by atoms with van der Waals surface area (Å²) >= 11 is 0. The first-order valence-corrected chi connectivity index (χ1v) is 12.5. The van der Waals surface area contributed by atoms with Gasteiger partial charge in [-0.25, -0.2) is 15.0 Å². The summed E-state index contributed by atoms with van der Waals surface area (Å²) in [6.07, 6.45) is 8.18. The van der Waals surface area contributed by atoms with E-state index in [1.54, 1.807) is 62.8 Å². The van der Waals surface area contributed by atoms with Crippen LogP contribution in [0.15, 0.2) is 61.2 Å². The molecule has 0 unspecified atom stereocenters. The molecule has 2 amide bonds. The first-order valence-electron chi connectivity index (χ1n) is 12.5. The fourth-order valence-corrected chi connectivity index (χ4v) is 3.89. The molecule has 0 aromatic carbocycles. The lowest BCUT2D eigenvalue weighted by Gasteiger charge is -2.15. The molecule has 0 atom stereocenters. The quantitative estimate of drug-likeness (QED) is 0.358. The summed E-state index contributed by atoms with van der Waals surface area (Å²) in [4.78, 5) is 47.2. The van der Waals surface area contributed by atoms with Crippen molar-refractivity contribution in [3.8, 4) is 28.7 Å². The minimum atomic E-state index is -0.821. The van der Waals surface area contributed by atoms with E-state index in [-0.39, 0.29) is 17.7 Å². The minimum Gasteiger partial charge on any atom is -0.321 e. The molecular weight excluding hydrogens is 492 g/mol. The van der Waals surface area contributed by atoms with Crippen LogP contribution in [-0.2, 0) is 10.2 Å². The van der Waals surface area contributed by atoms with Crippen LogP contribution in [0.2, 0.25) is 0 Å². The molecule has 1 saturated carbocycles. The zero-order valence-corrected chi connectivity index (χ0v) is 21.8. The van der Waals surface area contributed by atoms with Crippen molar-refractivity contribution in [1.82, 2.24) is 24.9 Å². The Balaban J connectivity index is 1.38. The number of aromatic nitrogens is 5. The van der Waals surface area contributed by atoms with Crippen LogP contribution in [0.5, 0.6) is 0 Å². The monoisotopic (exact) mass is 518 g/mol. The van der Waals surface area contributed by atoms with Gasteiger partial charge in [0.25, 0.3) is 5.91 Å². The molecule has 4 aromatic heterocycles. The van der Waals surface area contributed by atoms with Gasteiger partial charge in [0, 0.05) is 46.9 Å². The molecule has 0 aliphatic heterocycles. The van der Waals surface area contributed by atoms with E-state index in [4.69, 9.17) is 4.98 Å². The van der Waals surface area contributed by atoms with Gasteiger partial charge in [-0.1, -0.05) is 0 Å². The van der Waals surface area contributed by atoms with Gasteiger partial charge in [0.15, 0.2) is 5.82 Å². The highest BCUT2D eigenvalue weighted by Gasteiger charge is 2.29. The molecule has 1 aliphatic rings. The van der Waals surface area contributed by atoms with Crippen molar-refractivity contribution >= 4 is 23.3 Å². The van der Waals surface area contributed by atoms with E-state index in [0.717, 1.165) is 24.1 Å². The summed E-state index contributed by atoms with van der Waals surface area (Å²) in [6.45, 7) is 5.36. The summed E-state index contributed by atoms with van der Waals surface area (Å²) in [6, 6.07) is 12.5. The number of nitrogens with one attached hydrogen (secondary N) is 2.